The van der Waals surface area contributed by atoms with Crippen LogP contribution in [0.15, 0.2) is 35.3 Å². The minimum absolute atomic E-state index is 0. The van der Waals surface area contributed by atoms with Gasteiger partial charge >= 0.3 is 0 Å². The van der Waals surface area contributed by atoms with Crippen LogP contribution in [0.3, 0.4) is 0 Å². The molecule has 21 heavy (non-hydrogen) atoms. The van der Waals surface area contributed by atoms with Crippen molar-refractivity contribution in [3.63, 3.8) is 0 Å². The van der Waals surface area contributed by atoms with Crippen molar-refractivity contribution in [2.75, 3.05) is 33.3 Å². The van der Waals surface area contributed by atoms with Crippen molar-refractivity contribution in [3.8, 4) is 5.75 Å². The first-order valence-electron chi connectivity index (χ1n) is 6.65. The van der Waals surface area contributed by atoms with Gasteiger partial charge in [0.25, 0.3) is 0 Å². The highest BCUT2D eigenvalue weighted by Crippen LogP contribution is 2.33. The minimum Gasteiger partial charge on any atom is -0.497 e. The van der Waals surface area contributed by atoms with Gasteiger partial charge in [-0.05, 0) is 30.2 Å². The topological polar surface area (TPSA) is 24.5 Å². The van der Waals surface area contributed by atoms with Gasteiger partial charge in [0.1, 0.15) is 5.75 Å². The number of nitrogens with zero attached hydrogens (tertiary/aromatic N) is 1. The van der Waals surface area contributed by atoms with E-state index >= 15 is 0 Å². The zero-order valence-corrected chi connectivity index (χ0v) is 15.4. The van der Waals surface area contributed by atoms with Crippen LogP contribution in [-0.2, 0) is 0 Å². The van der Waals surface area contributed by atoms with E-state index in [2.05, 4.69) is 44.9 Å². The summed E-state index contributed by atoms with van der Waals surface area (Å²) < 4.78 is 6.49. The molecule has 0 saturated carbocycles. The maximum atomic E-state index is 5.35. The van der Waals surface area contributed by atoms with Gasteiger partial charge < -0.3 is 10.1 Å². The molecule has 1 N–H and O–H groups in total. The highest BCUT2D eigenvalue weighted by atomic mass is 79.9. The van der Waals surface area contributed by atoms with E-state index in [1.807, 2.05) is 12.1 Å². The summed E-state index contributed by atoms with van der Waals surface area (Å²) >= 11 is 3.66. The molecule has 0 spiro atoms. The molecule has 1 aromatic rings. The molecular formula is C15H23BrCl2N2O. The average molecular weight is 398 g/mol. The smallest absolute Gasteiger partial charge is 0.119 e. The molecule has 0 unspecified atom stereocenters. The molecule has 1 saturated heterocycles. The molecule has 1 aromatic carbocycles. The number of nitrogens with one attached hydrogen (secondary N) is 1. The highest BCUT2D eigenvalue weighted by Gasteiger charge is 2.23. The molecule has 1 aliphatic heterocycles. The molecule has 1 heterocycles. The fraction of sp³-hybridized carbons (Fsp3) is 0.467. The monoisotopic (exact) mass is 396 g/mol. The molecule has 0 aliphatic carbocycles. The van der Waals surface area contributed by atoms with Crippen LogP contribution in [0.5, 0.6) is 5.75 Å². The van der Waals surface area contributed by atoms with E-state index in [9.17, 15) is 0 Å². The number of benzene rings is 1. The van der Waals surface area contributed by atoms with Gasteiger partial charge in [0.15, 0.2) is 0 Å². The van der Waals surface area contributed by atoms with Crippen LogP contribution < -0.4 is 10.1 Å². The van der Waals surface area contributed by atoms with Crippen molar-refractivity contribution in [2.45, 2.75) is 12.5 Å². The van der Waals surface area contributed by atoms with Crippen LogP contribution in [-0.4, -0.2) is 38.2 Å². The summed E-state index contributed by atoms with van der Waals surface area (Å²) in [4.78, 5) is 2.51. The van der Waals surface area contributed by atoms with E-state index in [1.165, 1.54) is 5.56 Å². The highest BCUT2D eigenvalue weighted by molar-refractivity contribution is 9.10. The van der Waals surface area contributed by atoms with E-state index in [4.69, 9.17) is 4.74 Å². The molecule has 120 valence electrons. The number of ether oxygens (including phenoxy) is 1. The standard InChI is InChI=1S/C15H21BrN2O.2ClH/c1-3-4-15(18-9-7-17-8-10-18)13-11-12(19-2)5-6-14(13)16;;/h3,5-6,11,15,17H,1,4,7-10H2,2H3;2*1H/t15-;;/m1../s1. The third kappa shape index (κ3) is 5.46. The summed E-state index contributed by atoms with van der Waals surface area (Å²) in [6.07, 6.45) is 2.95. The zero-order chi connectivity index (χ0) is 13.7. The van der Waals surface area contributed by atoms with Gasteiger partial charge in [-0.2, -0.15) is 0 Å². The third-order valence-electron chi connectivity index (χ3n) is 3.54. The zero-order valence-electron chi connectivity index (χ0n) is 12.2. The Balaban J connectivity index is 0.00000200. The van der Waals surface area contributed by atoms with Crippen molar-refractivity contribution < 1.29 is 4.74 Å². The van der Waals surface area contributed by atoms with Crippen molar-refractivity contribution in [1.29, 1.82) is 0 Å². The predicted molar refractivity (Wildman–Crippen MR) is 97.2 cm³/mol. The van der Waals surface area contributed by atoms with Crippen molar-refractivity contribution in [2.24, 2.45) is 0 Å². The molecule has 2 rings (SSSR count). The van der Waals surface area contributed by atoms with E-state index < -0.39 is 0 Å². The lowest BCUT2D eigenvalue weighted by atomic mass is 10.0. The van der Waals surface area contributed by atoms with Crippen molar-refractivity contribution >= 4 is 40.7 Å². The molecular weight excluding hydrogens is 375 g/mol. The summed E-state index contributed by atoms with van der Waals surface area (Å²) in [5.41, 5.74) is 1.28. The largest absolute Gasteiger partial charge is 0.497 e. The summed E-state index contributed by atoms with van der Waals surface area (Å²) in [5, 5.41) is 3.40. The number of piperazine rings is 1. The summed E-state index contributed by atoms with van der Waals surface area (Å²) in [7, 11) is 1.71. The Hall–Kier alpha value is -0.260. The van der Waals surface area contributed by atoms with Gasteiger partial charge in [0.2, 0.25) is 0 Å². The fourth-order valence-electron chi connectivity index (χ4n) is 2.53. The normalized spacial score (nSPS) is 16.3. The lowest BCUT2D eigenvalue weighted by Gasteiger charge is -2.35. The van der Waals surface area contributed by atoms with Gasteiger partial charge in [0, 0.05) is 36.7 Å². The maximum Gasteiger partial charge on any atom is 0.119 e. The molecule has 0 radical (unpaired) electrons. The van der Waals surface area contributed by atoms with E-state index in [0.717, 1.165) is 42.8 Å². The molecule has 3 nitrogen and oxygen atoms in total. The molecule has 1 fully saturated rings. The minimum atomic E-state index is 0. The van der Waals surface area contributed by atoms with Crippen molar-refractivity contribution in [1.82, 2.24) is 10.2 Å². The Labute approximate surface area is 148 Å². The molecule has 1 aliphatic rings. The molecule has 1 atom stereocenters. The SMILES string of the molecule is C=CC[C@H](c1cc(OC)ccc1Br)N1CCNCC1.Cl.Cl. The first-order valence-corrected chi connectivity index (χ1v) is 7.44. The van der Waals surface area contributed by atoms with E-state index in [0.29, 0.717) is 6.04 Å². The fourth-order valence-corrected chi connectivity index (χ4v) is 3.04. The molecule has 0 amide bonds. The second-order valence-corrected chi connectivity index (χ2v) is 5.57. The van der Waals surface area contributed by atoms with Crippen LogP contribution in [0.2, 0.25) is 0 Å². The Bertz CT molecular complexity index is 440. The summed E-state index contributed by atoms with van der Waals surface area (Å²) in [6.45, 7) is 8.15. The van der Waals surface area contributed by atoms with Gasteiger partial charge in [-0.25, -0.2) is 0 Å². The van der Waals surface area contributed by atoms with Crippen LogP contribution in [0.25, 0.3) is 0 Å². The van der Waals surface area contributed by atoms with Crippen LogP contribution >= 0.6 is 40.7 Å². The number of rotatable bonds is 5. The maximum absolute atomic E-state index is 5.35. The number of methoxy groups -OCH3 is 1. The third-order valence-corrected chi connectivity index (χ3v) is 4.27. The first kappa shape index (κ1) is 20.7. The predicted octanol–water partition coefficient (Wildman–Crippen LogP) is 3.82. The quantitative estimate of drug-likeness (QED) is 0.764. The Morgan fingerprint density at radius 1 is 1.38 bits per heavy atom. The molecule has 6 heteroatoms. The molecule has 0 aromatic heterocycles. The Morgan fingerprint density at radius 3 is 2.62 bits per heavy atom. The van der Waals surface area contributed by atoms with Crippen LogP contribution in [0, 0.1) is 0 Å². The number of hydrogen-bond acceptors (Lipinski definition) is 3. The number of hydrogen-bond donors (Lipinski definition) is 1. The van der Waals surface area contributed by atoms with Gasteiger partial charge in [0.05, 0.1) is 7.11 Å². The first-order chi connectivity index (χ1) is 9.26. The van der Waals surface area contributed by atoms with E-state index in [1.54, 1.807) is 7.11 Å². The molecule has 0 bridgehead atoms. The lowest BCUT2D eigenvalue weighted by Crippen LogP contribution is -2.45. The van der Waals surface area contributed by atoms with Gasteiger partial charge in [-0.3, -0.25) is 4.90 Å². The van der Waals surface area contributed by atoms with Gasteiger partial charge in [-0.1, -0.05) is 22.0 Å². The number of halogens is 3. The van der Waals surface area contributed by atoms with Crippen LogP contribution in [0.4, 0.5) is 0 Å². The summed E-state index contributed by atoms with van der Waals surface area (Å²) in [5.74, 6) is 0.905. The van der Waals surface area contributed by atoms with Crippen LogP contribution in [0.1, 0.15) is 18.0 Å². The second kappa shape index (κ2) is 10.5. The summed E-state index contributed by atoms with van der Waals surface area (Å²) in [6, 6.07) is 6.53. The van der Waals surface area contributed by atoms with Gasteiger partial charge in [-0.15, -0.1) is 31.4 Å². The van der Waals surface area contributed by atoms with E-state index in [-0.39, 0.29) is 24.8 Å². The lowest BCUT2D eigenvalue weighted by molar-refractivity contribution is 0.174. The Morgan fingerprint density at radius 2 is 2.05 bits per heavy atom. The average Bonchev–Trinajstić information content (AvgIpc) is 2.47. The second-order valence-electron chi connectivity index (χ2n) is 4.71. The Kier molecular flexibility index (Phi) is 10.3. The van der Waals surface area contributed by atoms with Crippen molar-refractivity contribution in [3.05, 3.63) is 40.9 Å².